The van der Waals surface area contributed by atoms with E-state index in [0.29, 0.717) is 20.5 Å². The van der Waals surface area contributed by atoms with E-state index in [1.807, 2.05) is 0 Å². The first kappa shape index (κ1) is 15.5. The Kier molecular flexibility index (Phi) is 4.59. The number of aryl methyl sites for hydroxylation is 1. The summed E-state index contributed by atoms with van der Waals surface area (Å²) in [6.45, 7) is 3.25. The smallest absolute Gasteiger partial charge is 0.272 e. The van der Waals surface area contributed by atoms with Gasteiger partial charge in [-0.1, -0.05) is 11.6 Å². The van der Waals surface area contributed by atoms with Crippen LogP contribution in [0.4, 0.5) is 5.69 Å². The lowest BCUT2D eigenvalue weighted by atomic mass is 10.2. The molecule has 0 N–H and O–H groups in total. The van der Waals surface area contributed by atoms with Gasteiger partial charge in [-0.3, -0.25) is 14.9 Å². The van der Waals surface area contributed by atoms with E-state index >= 15 is 0 Å². The van der Waals surface area contributed by atoms with E-state index in [-0.39, 0.29) is 11.5 Å². The molecule has 1 aromatic carbocycles. The lowest BCUT2D eigenvalue weighted by Crippen LogP contribution is -2.23. The lowest BCUT2D eigenvalue weighted by molar-refractivity contribution is -0.385. The molecule has 7 heteroatoms. The van der Waals surface area contributed by atoms with Crippen molar-refractivity contribution in [2.24, 2.45) is 0 Å². The van der Waals surface area contributed by atoms with Crippen LogP contribution in [0.25, 0.3) is 0 Å². The van der Waals surface area contributed by atoms with Crippen molar-refractivity contribution < 1.29 is 14.5 Å². The molecule has 110 valence electrons. The van der Waals surface area contributed by atoms with E-state index in [0.717, 1.165) is 0 Å². The van der Waals surface area contributed by atoms with Crippen LogP contribution >= 0.6 is 22.9 Å². The molecule has 0 aliphatic rings. The molecule has 2 aromatic rings. The molecule has 1 aromatic heterocycles. The van der Waals surface area contributed by atoms with E-state index in [4.69, 9.17) is 16.3 Å². The van der Waals surface area contributed by atoms with Crippen molar-refractivity contribution in [3.63, 3.8) is 0 Å². The Bertz CT molecular complexity index is 698. The average molecular weight is 326 g/mol. The van der Waals surface area contributed by atoms with Gasteiger partial charge in [-0.2, -0.15) is 0 Å². The molecule has 0 radical (unpaired) electrons. The first-order chi connectivity index (χ1) is 9.88. The Morgan fingerprint density at radius 3 is 2.62 bits per heavy atom. The molecular formula is C14H12ClNO4S. The Hall–Kier alpha value is -1.92. The SMILES string of the molecule is Cc1cc(OC(C)C(=O)c2ccc(Cl)s2)ccc1[N+](=O)[O-]. The molecule has 0 saturated heterocycles. The summed E-state index contributed by atoms with van der Waals surface area (Å²) in [6.07, 6.45) is -0.694. The number of carbonyl (C=O) groups is 1. The zero-order valence-corrected chi connectivity index (χ0v) is 12.9. The van der Waals surface area contributed by atoms with Crippen molar-refractivity contribution in [2.45, 2.75) is 20.0 Å². The molecule has 2 rings (SSSR count). The van der Waals surface area contributed by atoms with E-state index in [2.05, 4.69) is 0 Å². The third-order valence-electron chi connectivity index (χ3n) is 2.86. The second-order valence-corrected chi connectivity index (χ2v) is 6.15. The Morgan fingerprint density at radius 1 is 1.38 bits per heavy atom. The van der Waals surface area contributed by atoms with Crippen LogP contribution in [-0.2, 0) is 0 Å². The quantitative estimate of drug-likeness (QED) is 0.467. The Morgan fingerprint density at radius 2 is 2.10 bits per heavy atom. The molecule has 0 amide bonds. The van der Waals surface area contributed by atoms with Gasteiger partial charge in [-0.25, -0.2) is 0 Å². The average Bonchev–Trinajstić information content (AvgIpc) is 2.84. The molecule has 0 spiro atoms. The van der Waals surface area contributed by atoms with Crippen LogP contribution in [0.1, 0.15) is 22.2 Å². The highest BCUT2D eigenvalue weighted by Gasteiger charge is 2.19. The number of thiophene rings is 1. The van der Waals surface area contributed by atoms with Crippen molar-refractivity contribution in [1.29, 1.82) is 0 Å². The maximum Gasteiger partial charge on any atom is 0.272 e. The van der Waals surface area contributed by atoms with Crippen LogP contribution in [0.3, 0.4) is 0 Å². The number of hydrogen-bond donors (Lipinski definition) is 0. The molecule has 0 fully saturated rings. The number of ketones is 1. The number of nitro groups is 1. The van der Waals surface area contributed by atoms with Crippen LogP contribution in [0, 0.1) is 17.0 Å². The van der Waals surface area contributed by atoms with E-state index in [1.54, 1.807) is 32.0 Å². The van der Waals surface area contributed by atoms with Gasteiger partial charge in [0.15, 0.2) is 6.10 Å². The van der Waals surface area contributed by atoms with E-state index in [1.165, 1.54) is 23.5 Å². The fourth-order valence-corrected chi connectivity index (χ4v) is 2.87. The molecule has 1 heterocycles. The highest BCUT2D eigenvalue weighted by molar-refractivity contribution is 7.18. The van der Waals surface area contributed by atoms with Crippen LogP contribution in [0.15, 0.2) is 30.3 Å². The molecule has 0 aliphatic heterocycles. The molecule has 5 nitrogen and oxygen atoms in total. The summed E-state index contributed by atoms with van der Waals surface area (Å²) in [5, 5.41) is 10.8. The molecule has 0 saturated carbocycles. The Balaban J connectivity index is 2.12. The highest BCUT2D eigenvalue weighted by Crippen LogP contribution is 2.26. The summed E-state index contributed by atoms with van der Waals surface area (Å²) in [4.78, 5) is 23.0. The van der Waals surface area contributed by atoms with Gasteiger partial charge in [0.1, 0.15) is 5.75 Å². The van der Waals surface area contributed by atoms with Gasteiger partial charge in [0, 0.05) is 11.6 Å². The number of carbonyl (C=O) groups excluding carboxylic acids is 1. The fraction of sp³-hybridized carbons (Fsp3) is 0.214. The molecular weight excluding hydrogens is 314 g/mol. The van der Waals surface area contributed by atoms with Crippen molar-refractivity contribution in [3.8, 4) is 5.75 Å². The number of Topliss-reactive ketones (excluding diaryl/α,β-unsaturated/α-hetero) is 1. The Labute approximate surface area is 130 Å². The number of rotatable bonds is 5. The number of nitrogens with zero attached hydrogens (tertiary/aromatic N) is 1. The minimum atomic E-state index is -0.694. The lowest BCUT2D eigenvalue weighted by Gasteiger charge is -2.13. The second kappa shape index (κ2) is 6.24. The van der Waals surface area contributed by atoms with Crippen LogP contribution in [0.2, 0.25) is 4.34 Å². The minimum Gasteiger partial charge on any atom is -0.483 e. The van der Waals surface area contributed by atoms with Crippen LogP contribution in [-0.4, -0.2) is 16.8 Å². The molecule has 21 heavy (non-hydrogen) atoms. The van der Waals surface area contributed by atoms with Crippen LogP contribution in [0.5, 0.6) is 5.75 Å². The highest BCUT2D eigenvalue weighted by atomic mass is 35.5. The maximum atomic E-state index is 12.1. The summed E-state index contributed by atoms with van der Waals surface area (Å²) in [5.41, 5.74) is 0.502. The fourth-order valence-electron chi connectivity index (χ4n) is 1.81. The van der Waals surface area contributed by atoms with Crippen molar-refractivity contribution in [1.82, 2.24) is 0 Å². The molecule has 1 atom stereocenters. The summed E-state index contributed by atoms with van der Waals surface area (Å²) in [6, 6.07) is 7.70. The van der Waals surface area contributed by atoms with Gasteiger partial charge < -0.3 is 4.74 Å². The normalized spacial score (nSPS) is 12.0. The predicted octanol–water partition coefficient (Wildman–Crippen LogP) is 4.27. The zero-order chi connectivity index (χ0) is 15.6. The van der Waals surface area contributed by atoms with Crippen LogP contribution < -0.4 is 4.74 Å². The minimum absolute atomic E-state index is 0.0198. The van der Waals surface area contributed by atoms with E-state index in [9.17, 15) is 14.9 Å². The van der Waals surface area contributed by atoms with Gasteiger partial charge in [0.2, 0.25) is 5.78 Å². The summed E-state index contributed by atoms with van der Waals surface area (Å²) in [7, 11) is 0. The number of halogens is 1. The standard InChI is InChI=1S/C14H12ClNO4S/c1-8-7-10(3-4-11(8)16(18)19)20-9(2)14(17)12-5-6-13(15)21-12/h3-7,9H,1-2H3. The summed E-state index contributed by atoms with van der Waals surface area (Å²) < 4.78 is 6.09. The first-order valence-corrected chi connectivity index (χ1v) is 7.29. The van der Waals surface area contributed by atoms with Crippen molar-refractivity contribution in [2.75, 3.05) is 0 Å². The predicted molar refractivity (Wildman–Crippen MR) is 81.6 cm³/mol. The first-order valence-electron chi connectivity index (χ1n) is 6.09. The maximum absolute atomic E-state index is 12.1. The van der Waals surface area contributed by atoms with Gasteiger partial charge in [0.05, 0.1) is 14.1 Å². The topological polar surface area (TPSA) is 69.4 Å². The number of benzene rings is 1. The van der Waals surface area contributed by atoms with E-state index < -0.39 is 11.0 Å². The third kappa shape index (κ3) is 3.59. The summed E-state index contributed by atoms with van der Waals surface area (Å²) in [5.74, 6) is 0.240. The van der Waals surface area contributed by atoms with Crippen molar-refractivity contribution >= 4 is 34.4 Å². The van der Waals surface area contributed by atoms with Gasteiger partial charge >= 0.3 is 0 Å². The number of ether oxygens (including phenoxy) is 1. The third-order valence-corrected chi connectivity index (χ3v) is 4.11. The number of nitro benzene ring substituents is 1. The molecule has 1 unspecified atom stereocenters. The number of hydrogen-bond acceptors (Lipinski definition) is 5. The van der Waals surface area contributed by atoms with Gasteiger partial charge in [-0.15, -0.1) is 11.3 Å². The second-order valence-electron chi connectivity index (χ2n) is 4.43. The molecule has 0 bridgehead atoms. The summed E-state index contributed by atoms with van der Waals surface area (Å²) >= 11 is 6.99. The van der Waals surface area contributed by atoms with Crippen molar-refractivity contribution in [3.05, 3.63) is 55.2 Å². The molecule has 0 aliphatic carbocycles. The zero-order valence-electron chi connectivity index (χ0n) is 11.3. The monoisotopic (exact) mass is 325 g/mol. The van der Waals surface area contributed by atoms with Gasteiger partial charge in [-0.05, 0) is 38.1 Å². The van der Waals surface area contributed by atoms with Gasteiger partial charge in [0.25, 0.3) is 5.69 Å². The largest absolute Gasteiger partial charge is 0.483 e.